The summed E-state index contributed by atoms with van der Waals surface area (Å²) in [6.07, 6.45) is 1.23. The molecule has 1 rings (SSSR count). The zero-order chi connectivity index (χ0) is 18.4. The molecule has 0 fully saturated rings. The van der Waals surface area contributed by atoms with Crippen LogP contribution in [0.15, 0.2) is 5.16 Å². The lowest BCUT2D eigenvalue weighted by atomic mass is 9.85. The van der Waals surface area contributed by atoms with Crippen LogP contribution >= 0.6 is 0 Å². The summed E-state index contributed by atoms with van der Waals surface area (Å²) >= 11 is 0. The molecule has 0 aromatic carbocycles. The highest BCUT2D eigenvalue weighted by Crippen LogP contribution is 2.37. The minimum Gasteiger partial charge on any atom is -0.464 e. The molecule has 136 valence electrons. The first-order valence-electron chi connectivity index (χ1n) is 7.91. The van der Waals surface area contributed by atoms with Crippen LogP contribution in [-0.4, -0.2) is 48.5 Å². The van der Waals surface area contributed by atoms with Crippen molar-refractivity contribution in [3.8, 4) is 5.75 Å². The number of ether oxygens (including phenoxy) is 3. The van der Waals surface area contributed by atoms with Crippen molar-refractivity contribution in [3.63, 3.8) is 0 Å². The second-order valence-electron chi connectivity index (χ2n) is 7.52. The zero-order valence-corrected chi connectivity index (χ0v) is 15.7. The summed E-state index contributed by atoms with van der Waals surface area (Å²) in [5, 5.41) is 11.9. The van der Waals surface area contributed by atoms with Gasteiger partial charge in [0.1, 0.15) is 6.21 Å². The van der Waals surface area contributed by atoms with Gasteiger partial charge in [-0.1, -0.05) is 46.7 Å². The van der Waals surface area contributed by atoms with Gasteiger partial charge in [-0.15, -0.1) is 0 Å². The van der Waals surface area contributed by atoms with E-state index in [0.717, 1.165) is 11.4 Å². The Balaban J connectivity index is 3.29. The van der Waals surface area contributed by atoms with E-state index in [-0.39, 0.29) is 17.6 Å². The average Bonchev–Trinajstić information content (AvgIpc) is 2.45. The third kappa shape index (κ3) is 5.72. The highest BCUT2D eigenvalue weighted by Gasteiger charge is 2.30. The topological polar surface area (TPSA) is 86.1 Å². The van der Waals surface area contributed by atoms with Crippen molar-refractivity contribution in [2.75, 3.05) is 27.1 Å². The molecular formula is C17H29N3O4. The molecule has 0 saturated carbocycles. The molecule has 0 aliphatic rings. The van der Waals surface area contributed by atoms with Crippen LogP contribution in [0.3, 0.4) is 0 Å². The molecule has 24 heavy (non-hydrogen) atoms. The number of nitrogens with zero attached hydrogens (tertiary/aromatic N) is 3. The van der Waals surface area contributed by atoms with Crippen LogP contribution in [0.2, 0.25) is 0 Å². The lowest BCUT2D eigenvalue weighted by molar-refractivity contribution is -0.0104. The summed E-state index contributed by atoms with van der Waals surface area (Å²) in [5.74, 6) is 0.961. The molecule has 1 aromatic heterocycles. The SMILES string of the molecule is COCCOCOc1c(C(C)(C)C)nc(/C=N/O)nc1C(C)(C)C. The largest absolute Gasteiger partial charge is 0.464 e. The van der Waals surface area contributed by atoms with Gasteiger partial charge in [-0.3, -0.25) is 0 Å². The molecule has 0 aliphatic carbocycles. The molecule has 0 bridgehead atoms. The second-order valence-corrected chi connectivity index (χ2v) is 7.52. The van der Waals surface area contributed by atoms with Crippen molar-refractivity contribution >= 4 is 6.21 Å². The molecular weight excluding hydrogens is 310 g/mol. The fourth-order valence-electron chi connectivity index (χ4n) is 2.03. The maximum atomic E-state index is 8.83. The van der Waals surface area contributed by atoms with Crippen molar-refractivity contribution in [2.24, 2.45) is 5.16 Å². The van der Waals surface area contributed by atoms with Crippen molar-refractivity contribution in [2.45, 2.75) is 52.4 Å². The summed E-state index contributed by atoms with van der Waals surface area (Å²) in [7, 11) is 1.62. The van der Waals surface area contributed by atoms with E-state index in [1.807, 2.05) is 41.5 Å². The van der Waals surface area contributed by atoms with Gasteiger partial charge in [0.05, 0.1) is 24.6 Å². The lowest BCUT2D eigenvalue weighted by Gasteiger charge is -2.28. The highest BCUT2D eigenvalue weighted by atomic mass is 16.7. The van der Waals surface area contributed by atoms with Crippen molar-refractivity contribution in [1.82, 2.24) is 9.97 Å². The molecule has 1 aromatic rings. The number of hydrogen-bond acceptors (Lipinski definition) is 7. The van der Waals surface area contributed by atoms with Crippen LogP contribution in [0.25, 0.3) is 0 Å². The van der Waals surface area contributed by atoms with E-state index in [2.05, 4.69) is 15.1 Å². The summed E-state index contributed by atoms with van der Waals surface area (Å²) in [6.45, 7) is 13.3. The van der Waals surface area contributed by atoms with E-state index in [9.17, 15) is 0 Å². The lowest BCUT2D eigenvalue weighted by Crippen LogP contribution is -2.25. The van der Waals surface area contributed by atoms with Gasteiger partial charge in [-0.25, -0.2) is 9.97 Å². The van der Waals surface area contributed by atoms with Gasteiger partial charge < -0.3 is 19.4 Å². The zero-order valence-electron chi connectivity index (χ0n) is 15.7. The maximum Gasteiger partial charge on any atom is 0.189 e. The maximum absolute atomic E-state index is 8.83. The number of rotatable bonds is 7. The quantitative estimate of drug-likeness (QED) is 0.270. The average molecular weight is 339 g/mol. The number of aromatic nitrogens is 2. The van der Waals surface area contributed by atoms with Gasteiger partial charge in [0.25, 0.3) is 0 Å². The fraction of sp³-hybridized carbons (Fsp3) is 0.706. The molecule has 0 atom stereocenters. The van der Waals surface area contributed by atoms with Crippen LogP contribution in [-0.2, 0) is 20.3 Å². The van der Waals surface area contributed by atoms with E-state index in [1.165, 1.54) is 6.21 Å². The molecule has 1 N–H and O–H groups in total. The predicted octanol–water partition coefficient (Wildman–Crippen LogP) is 2.88. The van der Waals surface area contributed by atoms with Crippen molar-refractivity contribution < 1.29 is 19.4 Å². The molecule has 7 nitrogen and oxygen atoms in total. The number of hydrogen-bond donors (Lipinski definition) is 1. The Morgan fingerprint density at radius 1 is 1.00 bits per heavy atom. The highest BCUT2D eigenvalue weighted by molar-refractivity contribution is 5.74. The van der Waals surface area contributed by atoms with Gasteiger partial charge in [0.15, 0.2) is 18.4 Å². The summed E-state index contributed by atoms with van der Waals surface area (Å²) in [5.41, 5.74) is 0.937. The fourth-order valence-corrected chi connectivity index (χ4v) is 2.03. The predicted molar refractivity (Wildman–Crippen MR) is 92.1 cm³/mol. The first-order valence-corrected chi connectivity index (χ1v) is 7.91. The van der Waals surface area contributed by atoms with Crippen LogP contribution in [0, 0.1) is 0 Å². The van der Waals surface area contributed by atoms with Crippen LogP contribution < -0.4 is 4.74 Å². The molecule has 0 radical (unpaired) electrons. The van der Waals surface area contributed by atoms with E-state index in [4.69, 9.17) is 19.4 Å². The molecule has 7 heteroatoms. The molecule has 0 amide bonds. The van der Waals surface area contributed by atoms with Crippen LogP contribution in [0.4, 0.5) is 0 Å². The third-order valence-electron chi connectivity index (χ3n) is 3.20. The standard InChI is InChI=1S/C17H29N3O4/c1-16(2,3)14-13(24-11-23-9-8-22-7)15(17(4,5)6)20-12(19-14)10-18-21/h10,21H,8-9,11H2,1-7H3/b18-10+. The van der Waals surface area contributed by atoms with Gasteiger partial charge in [0.2, 0.25) is 0 Å². The molecule has 0 aliphatic heterocycles. The Kier molecular flexibility index (Phi) is 7.10. The van der Waals surface area contributed by atoms with E-state index >= 15 is 0 Å². The molecule has 0 saturated heterocycles. The third-order valence-corrected chi connectivity index (χ3v) is 3.20. The minimum atomic E-state index is -0.275. The summed E-state index contributed by atoms with van der Waals surface area (Å²) in [6, 6.07) is 0. The summed E-state index contributed by atoms with van der Waals surface area (Å²) < 4.78 is 16.3. The van der Waals surface area contributed by atoms with E-state index in [0.29, 0.717) is 24.8 Å². The molecule has 1 heterocycles. The second kappa shape index (κ2) is 8.39. The summed E-state index contributed by atoms with van der Waals surface area (Å²) in [4.78, 5) is 8.99. The first-order chi connectivity index (χ1) is 11.1. The van der Waals surface area contributed by atoms with E-state index < -0.39 is 0 Å². The Hall–Kier alpha value is -1.73. The van der Waals surface area contributed by atoms with E-state index in [1.54, 1.807) is 7.11 Å². The van der Waals surface area contributed by atoms with Gasteiger partial charge in [-0.05, 0) is 0 Å². The normalized spacial score (nSPS) is 12.8. The molecule has 0 unspecified atom stereocenters. The first kappa shape index (κ1) is 20.3. The van der Waals surface area contributed by atoms with Gasteiger partial charge in [-0.2, -0.15) is 0 Å². The Bertz CT molecular complexity index is 525. The van der Waals surface area contributed by atoms with Crippen LogP contribution in [0.5, 0.6) is 5.75 Å². The Labute approximate surface area is 144 Å². The number of oxime groups is 1. The number of methoxy groups -OCH3 is 1. The van der Waals surface area contributed by atoms with Crippen molar-refractivity contribution in [1.29, 1.82) is 0 Å². The monoisotopic (exact) mass is 339 g/mol. The van der Waals surface area contributed by atoms with Crippen molar-refractivity contribution in [3.05, 3.63) is 17.2 Å². The van der Waals surface area contributed by atoms with Gasteiger partial charge in [0, 0.05) is 17.9 Å². The van der Waals surface area contributed by atoms with Crippen LogP contribution in [0.1, 0.15) is 58.8 Å². The van der Waals surface area contributed by atoms with Gasteiger partial charge >= 0.3 is 0 Å². The minimum absolute atomic E-state index is 0.0896. The molecule has 0 spiro atoms. The smallest absolute Gasteiger partial charge is 0.189 e. The Morgan fingerprint density at radius 2 is 1.54 bits per heavy atom. The Morgan fingerprint density at radius 3 is 1.96 bits per heavy atom.